The number of non-ortho nitro benzene ring substituents is 1. The van der Waals surface area contributed by atoms with Gasteiger partial charge in [0.25, 0.3) is 11.6 Å². The first-order chi connectivity index (χ1) is 12.2. The zero-order chi connectivity index (χ0) is 19.4. The summed E-state index contributed by atoms with van der Waals surface area (Å²) in [6.07, 6.45) is 0. The highest BCUT2D eigenvalue weighted by atomic mass is 79.9. The second-order valence-corrected chi connectivity index (χ2v) is 6.90. The summed E-state index contributed by atoms with van der Waals surface area (Å²) in [7, 11) is 1.37. The average Bonchev–Trinajstić information content (AvgIpc) is 2.55. The van der Waals surface area contributed by atoms with E-state index in [-0.39, 0.29) is 32.2 Å². The predicted molar refractivity (Wildman–Crippen MR) is 107 cm³/mol. The van der Waals surface area contributed by atoms with Gasteiger partial charge in [-0.05, 0) is 46.3 Å². The zero-order valence-corrected chi connectivity index (χ0v) is 16.9. The Balaban J connectivity index is 2.16. The fraction of sp³-hybridized carbons (Fsp3) is 0.0667. The summed E-state index contributed by atoms with van der Waals surface area (Å²) in [6, 6.07) is 6.91. The molecule has 2 N–H and O–H groups in total. The van der Waals surface area contributed by atoms with Crippen molar-refractivity contribution < 1.29 is 14.5 Å². The van der Waals surface area contributed by atoms with Crippen molar-refractivity contribution in [1.29, 1.82) is 0 Å². The number of hydrogen-bond acceptors (Lipinski definition) is 5. The van der Waals surface area contributed by atoms with Crippen LogP contribution in [0.15, 0.2) is 34.8 Å². The molecule has 0 saturated heterocycles. The predicted octanol–water partition coefficient (Wildman–Crippen LogP) is 4.80. The van der Waals surface area contributed by atoms with Gasteiger partial charge in [0.1, 0.15) is 5.75 Å². The molecule has 1 amide bonds. The van der Waals surface area contributed by atoms with E-state index in [0.717, 1.165) is 0 Å². The molecule has 0 saturated carbocycles. The fourth-order valence-corrected chi connectivity index (χ4v) is 3.22. The molecule has 2 aromatic rings. The summed E-state index contributed by atoms with van der Waals surface area (Å²) in [5, 5.41) is 16.4. The number of carbonyl (C=O) groups excluding carboxylic acids is 1. The Hall–Kier alpha value is -1.94. The van der Waals surface area contributed by atoms with E-state index in [1.54, 1.807) is 0 Å². The van der Waals surface area contributed by atoms with Crippen LogP contribution in [0.5, 0.6) is 5.75 Å². The third-order valence-corrected chi connectivity index (χ3v) is 4.46. The monoisotopic (exact) mass is 477 g/mol. The van der Waals surface area contributed by atoms with E-state index in [9.17, 15) is 14.9 Å². The number of amides is 1. The Morgan fingerprint density at radius 2 is 2.00 bits per heavy atom. The zero-order valence-electron chi connectivity index (χ0n) is 13.0. The number of thiocarbonyl (C=S) groups is 1. The van der Waals surface area contributed by atoms with Crippen molar-refractivity contribution in [2.75, 3.05) is 12.4 Å². The van der Waals surface area contributed by atoms with Crippen LogP contribution in [0.25, 0.3) is 0 Å². The number of carbonyl (C=O) groups is 1. The maximum absolute atomic E-state index is 12.4. The lowest BCUT2D eigenvalue weighted by molar-refractivity contribution is -0.384. The molecule has 0 aliphatic rings. The van der Waals surface area contributed by atoms with Crippen LogP contribution in [-0.2, 0) is 0 Å². The van der Waals surface area contributed by atoms with Crippen LogP contribution in [0, 0.1) is 10.1 Å². The molecule has 0 aliphatic carbocycles. The molecule has 26 heavy (non-hydrogen) atoms. The lowest BCUT2D eigenvalue weighted by Gasteiger charge is -2.13. The highest BCUT2D eigenvalue weighted by Crippen LogP contribution is 2.32. The molecule has 2 aromatic carbocycles. The van der Waals surface area contributed by atoms with Crippen LogP contribution in [0.2, 0.25) is 10.0 Å². The molecule has 0 fully saturated rings. The van der Waals surface area contributed by atoms with Gasteiger partial charge in [0.2, 0.25) is 0 Å². The third-order valence-electron chi connectivity index (χ3n) is 3.10. The first kappa shape index (κ1) is 20.4. The quantitative estimate of drug-likeness (QED) is 0.372. The van der Waals surface area contributed by atoms with E-state index < -0.39 is 10.8 Å². The van der Waals surface area contributed by atoms with Crippen LogP contribution < -0.4 is 15.4 Å². The van der Waals surface area contributed by atoms with Gasteiger partial charge >= 0.3 is 0 Å². The second kappa shape index (κ2) is 8.63. The molecule has 0 aliphatic heterocycles. The summed E-state index contributed by atoms with van der Waals surface area (Å²) in [5.74, 6) is -0.422. The normalized spacial score (nSPS) is 10.2. The molecular weight excluding hydrogens is 469 g/mol. The number of halogens is 3. The highest BCUT2D eigenvalue weighted by molar-refractivity contribution is 9.10. The van der Waals surface area contributed by atoms with Gasteiger partial charge in [-0.15, -0.1) is 0 Å². The molecule has 0 atom stereocenters. The molecule has 0 heterocycles. The van der Waals surface area contributed by atoms with Crippen molar-refractivity contribution in [2.24, 2.45) is 0 Å². The summed E-state index contributed by atoms with van der Waals surface area (Å²) in [5.41, 5.74) is 0.463. The minimum absolute atomic E-state index is 0.0253. The van der Waals surface area contributed by atoms with Crippen molar-refractivity contribution in [3.05, 3.63) is 60.5 Å². The summed E-state index contributed by atoms with van der Waals surface area (Å²) in [4.78, 5) is 22.6. The lowest BCUT2D eigenvalue weighted by Crippen LogP contribution is -2.34. The Morgan fingerprint density at radius 3 is 2.58 bits per heavy atom. The van der Waals surface area contributed by atoms with Gasteiger partial charge in [-0.3, -0.25) is 20.2 Å². The first-order valence-electron chi connectivity index (χ1n) is 6.82. The van der Waals surface area contributed by atoms with E-state index in [1.165, 1.54) is 37.4 Å². The van der Waals surface area contributed by atoms with Gasteiger partial charge in [0.15, 0.2) is 5.11 Å². The van der Waals surface area contributed by atoms with E-state index in [2.05, 4.69) is 26.6 Å². The summed E-state index contributed by atoms with van der Waals surface area (Å²) in [6.45, 7) is 0. The average molecular weight is 479 g/mol. The molecule has 0 unspecified atom stereocenters. The van der Waals surface area contributed by atoms with Gasteiger partial charge in [-0.1, -0.05) is 23.2 Å². The summed E-state index contributed by atoms with van der Waals surface area (Å²) >= 11 is 20.2. The topological polar surface area (TPSA) is 93.5 Å². The lowest BCUT2D eigenvalue weighted by atomic mass is 10.2. The Kier molecular flexibility index (Phi) is 6.76. The maximum atomic E-state index is 12.4. The third kappa shape index (κ3) is 4.82. The summed E-state index contributed by atoms with van der Waals surface area (Å²) < 4.78 is 5.53. The van der Waals surface area contributed by atoms with Crippen molar-refractivity contribution in [2.45, 2.75) is 0 Å². The number of nitro groups is 1. The molecular formula is C15H10BrCl2N3O4S. The minimum atomic E-state index is -0.582. The van der Waals surface area contributed by atoms with E-state index in [4.69, 9.17) is 40.2 Å². The number of nitrogens with one attached hydrogen (secondary N) is 2. The van der Waals surface area contributed by atoms with Crippen LogP contribution in [0.3, 0.4) is 0 Å². The van der Waals surface area contributed by atoms with Gasteiger partial charge in [0, 0.05) is 21.6 Å². The number of anilines is 1. The van der Waals surface area contributed by atoms with Crippen LogP contribution >= 0.6 is 51.3 Å². The number of hydrogen-bond donors (Lipinski definition) is 2. The number of nitrogens with zero attached hydrogens (tertiary/aromatic N) is 1. The first-order valence-corrected chi connectivity index (χ1v) is 8.78. The Labute approximate surface area is 171 Å². The Morgan fingerprint density at radius 1 is 1.31 bits per heavy atom. The van der Waals surface area contributed by atoms with Crippen molar-refractivity contribution in [3.8, 4) is 5.75 Å². The Bertz CT molecular complexity index is 911. The van der Waals surface area contributed by atoms with Gasteiger partial charge < -0.3 is 10.1 Å². The number of benzene rings is 2. The van der Waals surface area contributed by atoms with Crippen molar-refractivity contribution in [1.82, 2.24) is 5.32 Å². The van der Waals surface area contributed by atoms with Gasteiger partial charge in [-0.25, -0.2) is 0 Å². The van der Waals surface area contributed by atoms with E-state index >= 15 is 0 Å². The van der Waals surface area contributed by atoms with Crippen LogP contribution in [0.4, 0.5) is 11.4 Å². The SMILES string of the molecule is COc1c(Cl)cc(Cl)cc1C(=O)NC(=S)Nc1ccc([N+](=O)[O-])cc1Br. The molecule has 0 aromatic heterocycles. The van der Waals surface area contributed by atoms with Crippen LogP contribution in [0.1, 0.15) is 10.4 Å². The van der Waals surface area contributed by atoms with Gasteiger partial charge in [0.05, 0.1) is 28.3 Å². The van der Waals surface area contributed by atoms with Gasteiger partial charge in [-0.2, -0.15) is 0 Å². The maximum Gasteiger partial charge on any atom is 0.270 e. The molecule has 136 valence electrons. The fourth-order valence-electron chi connectivity index (χ4n) is 1.98. The molecule has 0 radical (unpaired) electrons. The molecule has 2 rings (SSSR count). The minimum Gasteiger partial charge on any atom is -0.494 e. The molecule has 11 heteroatoms. The van der Waals surface area contributed by atoms with E-state index in [1.807, 2.05) is 0 Å². The number of rotatable bonds is 4. The van der Waals surface area contributed by atoms with Crippen molar-refractivity contribution in [3.63, 3.8) is 0 Å². The molecule has 0 spiro atoms. The smallest absolute Gasteiger partial charge is 0.270 e. The van der Waals surface area contributed by atoms with E-state index in [0.29, 0.717) is 10.2 Å². The number of ether oxygens (including phenoxy) is 1. The largest absolute Gasteiger partial charge is 0.494 e. The molecule has 7 nitrogen and oxygen atoms in total. The second-order valence-electron chi connectivity index (χ2n) is 4.80. The van der Waals surface area contributed by atoms with Crippen LogP contribution in [-0.4, -0.2) is 23.1 Å². The van der Waals surface area contributed by atoms with Crippen molar-refractivity contribution >= 4 is 73.7 Å². The highest BCUT2D eigenvalue weighted by Gasteiger charge is 2.18. The number of methoxy groups -OCH3 is 1. The number of nitro benzene ring substituents is 1. The molecule has 0 bridgehead atoms. The standard InChI is InChI=1S/C15H10BrCl2N3O4S/c1-25-13-9(4-7(17)5-11(13)18)14(22)20-15(26)19-12-3-2-8(21(23)24)6-10(12)16/h2-6H,1H3,(H2,19,20,22,26).